The van der Waals surface area contributed by atoms with Crippen molar-refractivity contribution in [3.05, 3.63) is 82.9 Å². The summed E-state index contributed by atoms with van der Waals surface area (Å²) < 4.78 is 27.9. The van der Waals surface area contributed by atoms with Crippen molar-refractivity contribution >= 4 is 50.5 Å². The first kappa shape index (κ1) is 22.3. The van der Waals surface area contributed by atoms with Gasteiger partial charge in [-0.3, -0.25) is 14.3 Å². The van der Waals surface area contributed by atoms with Crippen molar-refractivity contribution in [1.82, 2.24) is 0 Å². The molecule has 0 saturated heterocycles. The van der Waals surface area contributed by atoms with E-state index in [1.807, 2.05) is 6.92 Å². The molecule has 0 atom stereocenters. The van der Waals surface area contributed by atoms with Gasteiger partial charge >= 0.3 is 0 Å². The molecule has 0 aromatic heterocycles. The van der Waals surface area contributed by atoms with Crippen LogP contribution in [0.2, 0.25) is 5.02 Å². The molecule has 9 heteroatoms. The monoisotopic (exact) mass is 457 g/mol. The van der Waals surface area contributed by atoms with E-state index in [-0.39, 0.29) is 16.4 Å². The summed E-state index contributed by atoms with van der Waals surface area (Å²) in [6, 6.07) is 17.1. The van der Waals surface area contributed by atoms with Crippen LogP contribution in [0.4, 0.5) is 17.1 Å². The van der Waals surface area contributed by atoms with Gasteiger partial charge in [0.1, 0.15) is 0 Å². The van der Waals surface area contributed by atoms with Gasteiger partial charge in [0.2, 0.25) is 5.91 Å². The Kier molecular flexibility index (Phi) is 6.62. The van der Waals surface area contributed by atoms with E-state index < -0.39 is 15.9 Å². The van der Waals surface area contributed by atoms with Gasteiger partial charge in [0.15, 0.2) is 0 Å². The smallest absolute Gasteiger partial charge is 0.261 e. The molecule has 0 saturated carbocycles. The third kappa shape index (κ3) is 5.84. The van der Waals surface area contributed by atoms with E-state index in [1.165, 1.54) is 37.3 Å². The number of anilines is 3. The molecule has 0 radical (unpaired) electrons. The van der Waals surface area contributed by atoms with Gasteiger partial charge in [-0.15, -0.1) is 0 Å². The number of benzene rings is 3. The number of aryl methyl sites for hydroxylation is 1. The predicted octanol–water partition coefficient (Wildman–Crippen LogP) is 4.66. The van der Waals surface area contributed by atoms with Gasteiger partial charge in [-0.05, 0) is 61.0 Å². The van der Waals surface area contributed by atoms with Crippen LogP contribution in [0, 0.1) is 6.92 Å². The first-order valence-corrected chi connectivity index (χ1v) is 11.1. The first-order chi connectivity index (χ1) is 14.6. The van der Waals surface area contributed by atoms with Crippen molar-refractivity contribution in [3.63, 3.8) is 0 Å². The SMILES string of the molecule is CC(=O)Nc1ccc(C)c(NC(=O)c2cccc(S(=O)(=O)Nc3cccc(Cl)c3)c2)c1. The number of halogens is 1. The van der Waals surface area contributed by atoms with Crippen molar-refractivity contribution in [2.24, 2.45) is 0 Å². The molecule has 0 aliphatic heterocycles. The highest BCUT2D eigenvalue weighted by Gasteiger charge is 2.17. The minimum atomic E-state index is -3.92. The molecule has 0 bridgehead atoms. The van der Waals surface area contributed by atoms with Gasteiger partial charge in [0, 0.05) is 28.9 Å². The summed E-state index contributed by atoms with van der Waals surface area (Å²) in [5.41, 5.74) is 2.30. The molecule has 2 amide bonds. The number of amides is 2. The molecular weight excluding hydrogens is 438 g/mol. The van der Waals surface area contributed by atoms with Crippen LogP contribution in [0.1, 0.15) is 22.8 Å². The second-order valence-corrected chi connectivity index (χ2v) is 8.93. The minimum Gasteiger partial charge on any atom is -0.326 e. The van der Waals surface area contributed by atoms with Gasteiger partial charge in [-0.2, -0.15) is 0 Å². The fourth-order valence-corrected chi connectivity index (χ4v) is 4.09. The van der Waals surface area contributed by atoms with E-state index in [0.717, 1.165) is 5.56 Å². The van der Waals surface area contributed by atoms with Crippen LogP contribution in [-0.2, 0) is 14.8 Å². The largest absolute Gasteiger partial charge is 0.326 e. The first-order valence-electron chi connectivity index (χ1n) is 9.22. The van der Waals surface area contributed by atoms with Crippen LogP contribution in [0.3, 0.4) is 0 Å². The zero-order chi connectivity index (χ0) is 22.6. The third-order valence-electron chi connectivity index (χ3n) is 4.29. The zero-order valence-corrected chi connectivity index (χ0v) is 18.3. The van der Waals surface area contributed by atoms with E-state index in [9.17, 15) is 18.0 Å². The average Bonchev–Trinajstić information content (AvgIpc) is 2.70. The quantitative estimate of drug-likeness (QED) is 0.500. The molecule has 3 rings (SSSR count). The van der Waals surface area contributed by atoms with Crippen LogP contribution in [0.15, 0.2) is 71.6 Å². The maximum atomic E-state index is 12.8. The van der Waals surface area contributed by atoms with Gasteiger partial charge in [-0.1, -0.05) is 29.8 Å². The number of hydrogen-bond donors (Lipinski definition) is 3. The maximum Gasteiger partial charge on any atom is 0.261 e. The Morgan fingerprint density at radius 3 is 2.32 bits per heavy atom. The van der Waals surface area contributed by atoms with Crippen molar-refractivity contribution in [3.8, 4) is 0 Å². The lowest BCUT2D eigenvalue weighted by Crippen LogP contribution is -2.16. The summed E-state index contributed by atoms with van der Waals surface area (Å²) in [6.07, 6.45) is 0. The average molecular weight is 458 g/mol. The molecule has 0 spiro atoms. The summed E-state index contributed by atoms with van der Waals surface area (Å²) in [4.78, 5) is 24.0. The fraction of sp³-hybridized carbons (Fsp3) is 0.0909. The number of nitrogens with one attached hydrogen (secondary N) is 3. The molecule has 0 unspecified atom stereocenters. The molecule has 0 heterocycles. The van der Waals surface area contributed by atoms with Crippen molar-refractivity contribution in [2.45, 2.75) is 18.7 Å². The summed E-state index contributed by atoms with van der Waals surface area (Å²) in [5, 5.41) is 5.80. The number of hydrogen-bond acceptors (Lipinski definition) is 4. The van der Waals surface area contributed by atoms with E-state index >= 15 is 0 Å². The number of carbonyl (C=O) groups excluding carboxylic acids is 2. The van der Waals surface area contributed by atoms with Crippen molar-refractivity contribution in [2.75, 3.05) is 15.4 Å². The van der Waals surface area contributed by atoms with E-state index in [1.54, 1.807) is 36.4 Å². The van der Waals surface area contributed by atoms with Gasteiger partial charge in [0.25, 0.3) is 15.9 Å². The van der Waals surface area contributed by atoms with Crippen molar-refractivity contribution in [1.29, 1.82) is 0 Å². The molecule has 3 N–H and O–H groups in total. The molecule has 3 aromatic rings. The zero-order valence-electron chi connectivity index (χ0n) is 16.8. The third-order valence-corrected chi connectivity index (χ3v) is 5.90. The lowest BCUT2D eigenvalue weighted by atomic mass is 10.1. The summed E-state index contributed by atoms with van der Waals surface area (Å²) in [6.45, 7) is 3.20. The van der Waals surface area contributed by atoms with Gasteiger partial charge in [0.05, 0.1) is 10.6 Å². The highest BCUT2D eigenvalue weighted by atomic mass is 35.5. The van der Waals surface area contributed by atoms with Gasteiger partial charge < -0.3 is 10.6 Å². The molecule has 31 heavy (non-hydrogen) atoms. The molecule has 160 valence electrons. The second kappa shape index (κ2) is 9.20. The second-order valence-electron chi connectivity index (χ2n) is 6.81. The lowest BCUT2D eigenvalue weighted by Gasteiger charge is -2.12. The normalized spacial score (nSPS) is 10.9. The Labute approximate surface area is 185 Å². The Morgan fingerprint density at radius 2 is 1.61 bits per heavy atom. The molecule has 0 fully saturated rings. The number of rotatable bonds is 6. The Morgan fingerprint density at radius 1 is 0.871 bits per heavy atom. The standard InChI is InChI=1S/C22H20ClN3O4S/c1-14-9-10-18(24-15(2)27)13-21(14)25-22(28)16-5-3-8-20(11-16)31(29,30)26-19-7-4-6-17(23)12-19/h3-13,26H,1-2H3,(H,24,27)(H,25,28). The van der Waals surface area contributed by atoms with E-state index in [4.69, 9.17) is 11.6 Å². The number of carbonyl (C=O) groups is 2. The minimum absolute atomic E-state index is 0.0659. The molecular formula is C22H20ClN3O4S. The fourth-order valence-electron chi connectivity index (χ4n) is 2.80. The summed E-state index contributed by atoms with van der Waals surface area (Å²) in [5.74, 6) is -0.714. The maximum absolute atomic E-state index is 12.8. The van der Waals surface area contributed by atoms with Crippen LogP contribution < -0.4 is 15.4 Å². The Hall–Kier alpha value is -3.36. The van der Waals surface area contributed by atoms with E-state index in [0.29, 0.717) is 22.1 Å². The van der Waals surface area contributed by atoms with Crippen LogP contribution in [0.25, 0.3) is 0 Å². The van der Waals surface area contributed by atoms with E-state index in [2.05, 4.69) is 15.4 Å². The van der Waals surface area contributed by atoms with Gasteiger partial charge in [-0.25, -0.2) is 8.42 Å². The Bertz CT molecular complexity index is 1260. The number of sulfonamides is 1. The summed E-state index contributed by atoms with van der Waals surface area (Å²) in [7, 11) is -3.92. The Balaban J connectivity index is 1.83. The van der Waals surface area contributed by atoms with Crippen LogP contribution in [0.5, 0.6) is 0 Å². The summed E-state index contributed by atoms with van der Waals surface area (Å²) >= 11 is 5.90. The predicted molar refractivity (Wildman–Crippen MR) is 122 cm³/mol. The molecule has 0 aliphatic carbocycles. The topological polar surface area (TPSA) is 104 Å². The highest BCUT2D eigenvalue weighted by Crippen LogP contribution is 2.23. The molecule has 0 aliphatic rings. The molecule has 7 nitrogen and oxygen atoms in total. The van der Waals surface area contributed by atoms with Crippen LogP contribution >= 0.6 is 11.6 Å². The highest BCUT2D eigenvalue weighted by molar-refractivity contribution is 7.92. The van der Waals surface area contributed by atoms with Crippen molar-refractivity contribution < 1.29 is 18.0 Å². The lowest BCUT2D eigenvalue weighted by molar-refractivity contribution is -0.114. The molecule has 3 aromatic carbocycles. The van der Waals surface area contributed by atoms with Crippen LogP contribution in [-0.4, -0.2) is 20.2 Å².